The van der Waals surface area contributed by atoms with Crippen molar-refractivity contribution in [2.75, 3.05) is 0 Å². The molecule has 0 aliphatic carbocycles. The summed E-state index contributed by atoms with van der Waals surface area (Å²) in [4.78, 5) is 0. The van der Waals surface area contributed by atoms with Gasteiger partial charge in [0.25, 0.3) is 0 Å². The smallest absolute Gasteiger partial charge is 0.366 e. The van der Waals surface area contributed by atoms with Gasteiger partial charge in [-0.25, -0.2) is 0 Å². The minimum atomic E-state index is -4.87. The highest BCUT2D eigenvalue weighted by Crippen LogP contribution is 2.37. The van der Waals surface area contributed by atoms with Crippen molar-refractivity contribution in [1.29, 1.82) is 0 Å². The molecule has 0 radical (unpaired) electrons. The highest BCUT2D eigenvalue weighted by Gasteiger charge is 2.54. The zero-order chi connectivity index (χ0) is 10.8. The molecule has 0 aliphatic rings. The molecule has 0 fully saturated rings. The van der Waals surface area contributed by atoms with Crippen molar-refractivity contribution in [2.24, 2.45) is 0 Å². The van der Waals surface area contributed by atoms with E-state index in [9.17, 15) is 18.3 Å². The Bertz CT molecular complexity index is 350. The van der Waals surface area contributed by atoms with Gasteiger partial charge in [-0.1, -0.05) is 36.3 Å². The van der Waals surface area contributed by atoms with Crippen molar-refractivity contribution in [2.45, 2.75) is 11.8 Å². The molecular weight excluding hydrogens is 193 g/mol. The van der Waals surface area contributed by atoms with Crippen LogP contribution in [0.25, 0.3) is 0 Å². The summed E-state index contributed by atoms with van der Waals surface area (Å²) in [5, 5.41) is 9.27. The van der Waals surface area contributed by atoms with E-state index in [1.54, 1.807) is 0 Å². The van der Waals surface area contributed by atoms with Crippen LogP contribution >= 0.6 is 0 Å². The molecule has 0 bridgehead atoms. The number of hydrogen-bond acceptors (Lipinski definition) is 1. The van der Waals surface area contributed by atoms with E-state index in [2.05, 4.69) is 0 Å². The van der Waals surface area contributed by atoms with E-state index in [0.717, 1.165) is 12.1 Å². The van der Waals surface area contributed by atoms with Crippen LogP contribution in [0.1, 0.15) is 5.56 Å². The van der Waals surface area contributed by atoms with Crippen LogP contribution < -0.4 is 0 Å². The highest BCUT2D eigenvalue weighted by molar-refractivity contribution is 5.32. The number of halogens is 3. The molecule has 0 saturated heterocycles. The summed E-state index contributed by atoms with van der Waals surface area (Å²) in [6.45, 7) is 0. The van der Waals surface area contributed by atoms with E-state index >= 15 is 0 Å². The van der Waals surface area contributed by atoms with Crippen LogP contribution in [0.15, 0.2) is 30.3 Å². The van der Waals surface area contributed by atoms with Crippen LogP contribution in [0.4, 0.5) is 13.2 Å². The van der Waals surface area contributed by atoms with Crippen molar-refractivity contribution < 1.29 is 18.3 Å². The first-order valence-corrected chi connectivity index (χ1v) is 3.74. The van der Waals surface area contributed by atoms with Crippen LogP contribution in [0, 0.1) is 12.3 Å². The topological polar surface area (TPSA) is 20.2 Å². The van der Waals surface area contributed by atoms with Gasteiger partial charge in [-0.3, -0.25) is 0 Å². The largest absolute Gasteiger partial charge is 0.433 e. The van der Waals surface area contributed by atoms with Gasteiger partial charge >= 0.3 is 6.18 Å². The van der Waals surface area contributed by atoms with Crippen LogP contribution in [-0.4, -0.2) is 11.3 Å². The van der Waals surface area contributed by atoms with Gasteiger partial charge < -0.3 is 5.11 Å². The van der Waals surface area contributed by atoms with Crippen LogP contribution in [-0.2, 0) is 5.60 Å². The van der Waals surface area contributed by atoms with E-state index in [4.69, 9.17) is 6.42 Å². The van der Waals surface area contributed by atoms with Gasteiger partial charge in [0.2, 0.25) is 5.60 Å². The molecule has 0 spiro atoms. The van der Waals surface area contributed by atoms with E-state index in [0.29, 0.717) is 0 Å². The van der Waals surface area contributed by atoms with E-state index in [1.807, 2.05) is 0 Å². The summed E-state index contributed by atoms with van der Waals surface area (Å²) >= 11 is 0. The second-order valence-electron chi connectivity index (χ2n) is 2.72. The molecular formula is C10H7F3O. The SMILES string of the molecule is C#CC(O)(c1ccccc1)C(F)(F)F. The van der Waals surface area contributed by atoms with Crippen LogP contribution in [0.2, 0.25) is 0 Å². The Morgan fingerprint density at radius 3 is 2.00 bits per heavy atom. The zero-order valence-corrected chi connectivity index (χ0v) is 7.05. The summed E-state index contributed by atoms with van der Waals surface area (Å²) in [6, 6.07) is 6.56. The van der Waals surface area contributed by atoms with E-state index < -0.39 is 11.8 Å². The van der Waals surface area contributed by atoms with Gasteiger partial charge in [0, 0.05) is 5.56 Å². The van der Waals surface area contributed by atoms with Gasteiger partial charge in [0.15, 0.2) is 0 Å². The molecule has 1 N–H and O–H groups in total. The number of rotatable bonds is 1. The molecule has 1 atom stereocenters. The average molecular weight is 200 g/mol. The maximum Gasteiger partial charge on any atom is 0.433 e. The summed E-state index contributed by atoms with van der Waals surface area (Å²) < 4.78 is 37.2. The third-order valence-electron chi connectivity index (χ3n) is 1.81. The molecule has 1 unspecified atom stereocenters. The molecule has 1 rings (SSSR count). The second kappa shape index (κ2) is 3.35. The molecule has 74 valence electrons. The third-order valence-corrected chi connectivity index (χ3v) is 1.81. The van der Waals surface area contributed by atoms with Crippen molar-refractivity contribution in [3.05, 3.63) is 35.9 Å². The third kappa shape index (κ3) is 1.59. The Morgan fingerprint density at radius 2 is 1.64 bits per heavy atom. The molecule has 4 heteroatoms. The lowest BCUT2D eigenvalue weighted by atomic mass is 9.94. The fraction of sp³-hybridized carbons (Fsp3) is 0.200. The Hall–Kier alpha value is -1.47. The second-order valence-corrected chi connectivity index (χ2v) is 2.72. The summed E-state index contributed by atoms with van der Waals surface area (Å²) in [7, 11) is 0. The van der Waals surface area contributed by atoms with E-state index in [-0.39, 0.29) is 5.56 Å². The highest BCUT2D eigenvalue weighted by atomic mass is 19.4. The first-order chi connectivity index (χ1) is 6.42. The Morgan fingerprint density at radius 1 is 1.14 bits per heavy atom. The minimum Gasteiger partial charge on any atom is -0.366 e. The van der Waals surface area contributed by atoms with Crippen molar-refractivity contribution in [3.63, 3.8) is 0 Å². The monoisotopic (exact) mass is 200 g/mol. The zero-order valence-electron chi connectivity index (χ0n) is 7.05. The Kier molecular flexibility index (Phi) is 2.54. The Balaban J connectivity index is 3.25. The number of hydrogen-bond donors (Lipinski definition) is 1. The van der Waals surface area contributed by atoms with Gasteiger partial charge in [-0.2, -0.15) is 13.2 Å². The first-order valence-electron chi connectivity index (χ1n) is 3.74. The molecule has 0 saturated carbocycles. The Labute approximate surface area is 79.2 Å². The summed E-state index contributed by atoms with van der Waals surface area (Å²) in [5.74, 6) is 1.37. The molecule has 0 aromatic heterocycles. The lowest BCUT2D eigenvalue weighted by Crippen LogP contribution is -2.40. The fourth-order valence-corrected chi connectivity index (χ4v) is 1.01. The maximum absolute atomic E-state index is 12.4. The van der Waals surface area contributed by atoms with Crippen molar-refractivity contribution >= 4 is 0 Å². The average Bonchev–Trinajstić information content (AvgIpc) is 2.16. The van der Waals surface area contributed by atoms with Crippen LogP contribution in [0.3, 0.4) is 0 Å². The molecule has 1 aromatic carbocycles. The summed E-state index contributed by atoms with van der Waals surface area (Å²) in [5.41, 5.74) is -3.55. The molecule has 0 aliphatic heterocycles. The molecule has 1 nitrogen and oxygen atoms in total. The van der Waals surface area contributed by atoms with Gasteiger partial charge in [-0.05, 0) is 0 Å². The standard InChI is InChI=1S/C10H7F3O/c1-2-9(14,10(11,12)13)8-6-4-3-5-7-8/h1,3-7,14H. The quantitative estimate of drug-likeness (QED) is 0.688. The number of aliphatic hydroxyl groups is 1. The normalized spacial score (nSPS) is 15.6. The fourth-order valence-electron chi connectivity index (χ4n) is 1.01. The van der Waals surface area contributed by atoms with E-state index in [1.165, 1.54) is 24.1 Å². The van der Waals surface area contributed by atoms with Gasteiger partial charge in [-0.15, -0.1) is 6.42 Å². The molecule has 0 amide bonds. The molecule has 0 heterocycles. The predicted molar refractivity (Wildman–Crippen MR) is 45.2 cm³/mol. The van der Waals surface area contributed by atoms with Crippen LogP contribution in [0.5, 0.6) is 0 Å². The lowest BCUT2D eigenvalue weighted by molar-refractivity contribution is -0.240. The number of benzene rings is 1. The predicted octanol–water partition coefficient (Wildman–Crippen LogP) is 2.07. The first kappa shape index (κ1) is 10.6. The minimum absolute atomic E-state index is 0.352. The van der Waals surface area contributed by atoms with Crippen molar-refractivity contribution in [1.82, 2.24) is 0 Å². The summed E-state index contributed by atoms with van der Waals surface area (Å²) in [6.07, 6.45) is -0.167. The van der Waals surface area contributed by atoms with Gasteiger partial charge in [0.05, 0.1) is 0 Å². The van der Waals surface area contributed by atoms with Crippen molar-refractivity contribution in [3.8, 4) is 12.3 Å². The number of terminal acetylenes is 1. The maximum atomic E-state index is 12.4. The van der Waals surface area contributed by atoms with Gasteiger partial charge in [0.1, 0.15) is 0 Å². The number of alkyl halides is 3. The molecule has 14 heavy (non-hydrogen) atoms. The lowest BCUT2D eigenvalue weighted by Gasteiger charge is -2.25. The molecule has 1 aromatic rings.